The van der Waals surface area contributed by atoms with Crippen LogP contribution < -0.4 is 4.90 Å². The number of hydrogen-bond acceptors (Lipinski definition) is 7. The molecule has 164 valence electrons. The lowest BCUT2D eigenvalue weighted by molar-refractivity contribution is -0.0467. The van der Waals surface area contributed by atoms with Gasteiger partial charge in [-0.2, -0.15) is 5.10 Å². The molecule has 0 saturated carbocycles. The van der Waals surface area contributed by atoms with Crippen LogP contribution in [0.4, 0.5) is 5.82 Å². The minimum absolute atomic E-state index is 0.436. The van der Waals surface area contributed by atoms with E-state index in [1.54, 1.807) is 6.20 Å². The number of pyridine rings is 1. The van der Waals surface area contributed by atoms with Crippen molar-refractivity contribution in [3.05, 3.63) is 52.9 Å². The number of ether oxygens (including phenoxy) is 1. The van der Waals surface area contributed by atoms with E-state index in [4.69, 9.17) is 14.7 Å². The molecule has 0 aromatic carbocycles. The quantitative estimate of drug-likeness (QED) is 0.472. The van der Waals surface area contributed by atoms with E-state index >= 15 is 0 Å². The first-order valence-electron chi connectivity index (χ1n) is 11.2. The van der Waals surface area contributed by atoms with Gasteiger partial charge in [0, 0.05) is 48.2 Å². The number of nitrogens with zero attached hydrogens (tertiary/aromatic N) is 6. The maximum atomic E-state index is 6.29. The molecule has 0 spiro atoms. The molecule has 8 heteroatoms. The van der Waals surface area contributed by atoms with Gasteiger partial charge in [0.1, 0.15) is 16.2 Å². The van der Waals surface area contributed by atoms with E-state index in [2.05, 4.69) is 21.9 Å². The summed E-state index contributed by atoms with van der Waals surface area (Å²) in [4.78, 5) is 19.4. The van der Waals surface area contributed by atoms with Gasteiger partial charge in [-0.05, 0) is 50.3 Å². The van der Waals surface area contributed by atoms with Gasteiger partial charge < -0.3 is 9.64 Å². The lowest BCUT2D eigenvalue weighted by atomic mass is 9.95. The Bertz CT molecular complexity index is 1280. The fraction of sp³-hybridized carbons (Fsp3) is 0.417. The van der Waals surface area contributed by atoms with Crippen LogP contribution in [0.5, 0.6) is 0 Å². The van der Waals surface area contributed by atoms with Crippen molar-refractivity contribution in [2.24, 2.45) is 7.05 Å². The molecule has 7 nitrogen and oxygen atoms in total. The van der Waals surface area contributed by atoms with Crippen LogP contribution in [0.2, 0.25) is 0 Å². The van der Waals surface area contributed by atoms with Gasteiger partial charge in [-0.1, -0.05) is 0 Å². The van der Waals surface area contributed by atoms with Crippen LogP contribution in [-0.4, -0.2) is 44.4 Å². The zero-order valence-corrected chi connectivity index (χ0v) is 19.2. The third kappa shape index (κ3) is 3.29. The molecule has 0 amide bonds. The van der Waals surface area contributed by atoms with E-state index in [9.17, 15) is 0 Å². The second-order valence-electron chi connectivity index (χ2n) is 8.91. The molecule has 6 rings (SSSR count). The van der Waals surface area contributed by atoms with Crippen molar-refractivity contribution in [2.45, 2.75) is 38.2 Å². The van der Waals surface area contributed by atoms with E-state index in [0.29, 0.717) is 6.61 Å². The Morgan fingerprint density at radius 2 is 2.06 bits per heavy atom. The van der Waals surface area contributed by atoms with Gasteiger partial charge in [-0.25, -0.2) is 9.97 Å². The SMILES string of the molecule is Cn1cc(C2(C)CN(c3nc(-c4cccnc4)nc4sc5c(c34)CCCC5)CCO2)cn1. The topological polar surface area (TPSA) is 69.0 Å². The number of fused-ring (bicyclic) bond motifs is 3. The summed E-state index contributed by atoms with van der Waals surface area (Å²) in [5, 5.41) is 5.62. The Balaban J connectivity index is 1.50. The van der Waals surface area contributed by atoms with Crippen LogP contribution >= 0.6 is 11.3 Å². The van der Waals surface area contributed by atoms with Crippen LogP contribution in [0.3, 0.4) is 0 Å². The summed E-state index contributed by atoms with van der Waals surface area (Å²) in [5.41, 5.74) is 3.06. The lowest BCUT2D eigenvalue weighted by Gasteiger charge is -2.41. The van der Waals surface area contributed by atoms with Crippen molar-refractivity contribution in [3.63, 3.8) is 0 Å². The second kappa shape index (κ2) is 7.64. The highest BCUT2D eigenvalue weighted by Gasteiger charge is 2.37. The summed E-state index contributed by atoms with van der Waals surface area (Å²) < 4.78 is 8.13. The van der Waals surface area contributed by atoms with Crippen molar-refractivity contribution in [1.82, 2.24) is 24.7 Å². The molecule has 5 heterocycles. The number of anilines is 1. The predicted molar refractivity (Wildman–Crippen MR) is 126 cm³/mol. The summed E-state index contributed by atoms with van der Waals surface area (Å²) in [6.45, 7) is 4.33. The molecule has 1 saturated heterocycles. The van der Waals surface area contributed by atoms with Gasteiger partial charge in [0.25, 0.3) is 0 Å². The zero-order chi connectivity index (χ0) is 21.7. The first kappa shape index (κ1) is 19.8. The van der Waals surface area contributed by atoms with Gasteiger partial charge in [0.05, 0.1) is 24.7 Å². The Hall–Kier alpha value is -2.84. The first-order chi connectivity index (χ1) is 15.6. The standard InChI is InChI=1S/C24H26N6OS/c1-24(17-13-26-29(2)14-17)15-30(10-11-31-24)22-20-18-7-3-4-8-19(18)32-23(20)28-21(27-22)16-6-5-9-25-12-16/h5-6,9,12-14H,3-4,7-8,10-11,15H2,1-2H3. The van der Waals surface area contributed by atoms with Gasteiger partial charge in [0.2, 0.25) is 0 Å². The predicted octanol–water partition coefficient (Wildman–Crippen LogP) is 4.12. The molecular weight excluding hydrogens is 420 g/mol. The van der Waals surface area contributed by atoms with E-state index in [1.165, 1.54) is 28.7 Å². The van der Waals surface area contributed by atoms with Crippen LogP contribution in [-0.2, 0) is 30.2 Å². The minimum atomic E-state index is -0.436. The number of morpholine rings is 1. The lowest BCUT2D eigenvalue weighted by Crippen LogP contribution is -2.48. The fourth-order valence-electron chi connectivity index (χ4n) is 4.91. The average Bonchev–Trinajstić information content (AvgIpc) is 3.43. The maximum absolute atomic E-state index is 6.29. The number of aromatic nitrogens is 5. The Labute approximate surface area is 191 Å². The van der Waals surface area contributed by atoms with Gasteiger partial charge >= 0.3 is 0 Å². The molecule has 0 bridgehead atoms. The Morgan fingerprint density at radius 3 is 2.88 bits per heavy atom. The summed E-state index contributed by atoms with van der Waals surface area (Å²) in [7, 11) is 1.94. The van der Waals surface area contributed by atoms with E-state index in [-0.39, 0.29) is 0 Å². The van der Waals surface area contributed by atoms with Crippen molar-refractivity contribution in [3.8, 4) is 11.4 Å². The highest BCUT2D eigenvalue weighted by atomic mass is 32.1. The smallest absolute Gasteiger partial charge is 0.164 e. The molecule has 1 unspecified atom stereocenters. The summed E-state index contributed by atoms with van der Waals surface area (Å²) in [6, 6.07) is 3.97. The number of rotatable bonds is 3. The maximum Gasteiger partial charge on any atom is 0.164 e. The molecule has 0 N–H and O–H groups in total. The fourth-order valence-corrected chi connectivity index (χ4v) is 6.17. The Kier molecular flexibility index (Phi) is 4.73. The molecular formula is C24H26N6OS. The molecule has 1 aliphatic carbocycles. The number of hydrogen-bond donors (Lipinski definition) is 0. The average molecular weight is 447 g/mol. The van der Waals surface area contributed by atoms with Gasteiger partial charge in [-0.15, -0.1) is 11.3 Å². The van der Waals surface area contributed by atoms with E-state index in [1.807, 2.05) is 53.8 Å². The summed E-state index contributed by atoms with van der Waals surface area (Å²) >= 11 is 1.84. The second-order valence-corrected chi connectivity index (χ2v) is 9.99. The largest absolute Gasteiger partial charge is 0.367 e. The normalized spacial score (nSPS) is 21.1. The summed E-state index contributed by atoms with van der Waals surface area (Å²) in [6.07, 6.45) is 12.3. The highest BCUT2D eigenvalue weighted by Crippen LogP contribution is 2.42. The van der Waals surface area contributed by atoms with Gasteiger partial charge in [0.15, 0.2) is 5.82 Å². The third-order valence-electron chi connectivity index (χ3n) is 6.60. The molecule has 1 atom stereocenters. The first-order valence-corrected chi connectivity index (χ1v) is 12.0. The summed E-state index contributed by atoms with van der Waals surface area (Å²) in [5.74, 6) is 1.78. The zero-order valence-electron chi connectivity index (χ0n) is 18.4. The van der Waals surface area contributed by atoms with Crippen molar-refractivity contribution < 1.29 is 4.74 Å². The van der Waals surface area contributed by atoms with Gasteiger partial charge in [-0.3, -0.25) is 9.67 Å². The van der Waals surface area contributed by atoms with Crippen LogP contribution in [0.15, 0.2) is 36.9 Å². The van der Waals surface area contributed by atoms with Crippen LogP contribution in [0, 0.1) is 0 Å². The molecule has 32 heavy (non-hydrogen) atoms. The van der Waals surface area contributed by atoms with Crippen LogP contribution in [0.1, 0.15) is 35.8 Å². The van der Waals surface area contributed by atoms with E-state index < -0.39 is 5.60 Å². The minimum Gasteiger partial charge on any atom is -0.367 e. The molecule has 4 aromatic rings. The molecule has 4 aromatic heterocycles. The Morgan fingerprint density at radius 1 is 1.16 bits per heavy atom. The van der Waals surface area contributed by atoms with Crippen molar-refractivity contribution >= 4 is 27.4 Å². The van der Waals surface area contributed by atoms with Crippen LogP contribution in [0.25, 0.3) is 21.6 Å². The van der Waals surface area contributed by atoms with Crippen molar-refractivity contribution in [2.75, 3.05) is 24.6 Å². The molecule has 2 aliphatic rings. The number of thiophene rings is 1. The molecule has 1 aliphatic heterocycles. The van der Waals surface area contributed by atoms with Crippen molar-refractivity contribution in [1.29, 1.82) is 0 Å². The number of aryl methyl sites for hydroxylation is 3. The molecule has 1 fully saturated rings. The monoisotopic (exact) mass is 446 g/mol. The molecule has 0 radical (unpaired) electrons. The highest BCUT2D eigenvalue weighted by molar-refractivity contribution is 7.19. The van der Waals surface area contributed by atoms with E-state index in [0.717, 1.165) is 53.5 Å². The third-order valence-corrected chi connectivity index (χ3v) is 7.79.